The Balaban J connectivity index is 0.915. The van der Waals surface area contributed by atoms with Crippen LogP contribution in [0.4, 0.5) is 33.3 Å². The molecule has 8 rings (SSSR count). The van der Waals surface area contributed by atoms with E-state index in [9.17, 15) is 28.0 Å². The van der Waals surface area contributed by atoms with Gasteiger partial charge in [-0.25, -0.2) is 36.2 Å². The molecule has 1 aromatic carbocycles. The Hall–Kier alpha value is -5.66. The molecule has 2 atom stereocenters. The number of anilines is 2. The van der Waals surface area contributed by atoms with Crippen LogP contribution in [0.25, 0.3) is 16.7 Å². The molecule has 1 aliphatic carbocycles. The minimum atomic E-state index is -3.27. The number of amides is 3. The van der Waals surface area contributed by atoms with E-state index in [4.69, 9.17) is 0 Å². The third-order valence-corrected chi connectivity index (χ3v) is 11.6. The minimum Gasteiger partial charge on any atom is -0.361 e. The third-order valence-electron chi connectivity index (χ3n) is 11.6. The highest BCUT2D eigenvalue weighted by Crippen LogP contribution is 2.40. The molecular formula is C37H40F5N11O4. The number of rotatable bonds is 9. The highest BCUT2D eigenvalue weighted by atomic mass is 19.3. The van der Waals surface area contributed by atoms with Gasteiger partial charge < -0.3 is 10.2 Å². The van der Waals surface area contributed by atoms with Gasteiger partial charge in [-0.2, -0.15) is 10.2 Å². The molecule has 3 amide bonds. The molecule has 2 N–H and O–H groups in total. The number of fused-ring (bicyclic) bond motifs is 2. The molecule has 1 saturated carbocycles. The normalized spacial score (nSPS) is 22.9. The van der Waals surface area contributed by atoms with Crippen LogP contribution in [0.1, 0.15) is 79.5 Å². The lowest BCUT2D eigenvalue weighted by atomic mass is 9.85. The molecule has 0 bridgehead atoms. The first kappa shape index (κ1) is 38.2. The molecular weight excluding hydrogens is 757 g/mol. The molecule has 3 aliphatic rings. The summed E-state index contributed by atoms with van der Waals surface area (Å²) in [5, 5.41) is 13.0. The van der Waals surface area contributed by atoms with Crippen LogP contribution in [0.2, 0.25) is 0 Å². The first-order valence-corrected chi connectivity index (χ1v) is 18.7. The number of alkyl halides is 4. The molecule has 20 heteroatoms. The molecule has 302 valence electrons. The summed E-state index contributed by atoms with van der Waals surface area (Å²) in [7, 11) is 3.04. The summed E-state index contributed by atoms with van der Waals surface area (Å²) >= 11 is 0. The highest BCUT2D eigenvalue weighted by Gasteiger charge is 2.48. The Morgan fingerprint density at radius 2 is 1.88 bits per heavy atom. The van der Waals surface area contributed by atoms with Crippen molar-refractivity contribution in [3.05, 3.63) is 70.5 Å². The van der Waals surface area contributed by atoms with Crippen molar-refractivity contribution in [1.29, 1.82) is 0 Å². The maximum atomic E-state index is 16.1. The fourth-order valence-electron chi connectivity index (χ4n) is 8.78. The predicted octanol–water partition coefficient (Wildman–Crippen LogP) is 4.46. The second-order valence-electron chi connectivity index (χ2n) is 15.2. The zero-order valence-corrected chi connectivity index (χ0v) is 31.0. The van der Waals surface area contributed by atoms with E-state index in [0.717, 1.165) is 10.6 Å². The Bertz CT molecular complexity index is 2430. The van der Waals surface area contributed by atoms with Crippen LogP contribution in [0, 0.1) is 11.7 Å². The summed E-state index contributed by atoms with van der Waals surface area (Å²) in [5.41, 5.74) is -0.793. The number of imidazole rings is 1. The zero-order chi connectivity index (χ0) is 40.3. The van der Waals surface area contributed by atoms with Gasteiger partial charge in [-0.15, -0.1) is 0 Å². The van der Waals surface area contributed by atoms with Crippen LogP contribution in [0.3, 0.4) is 0 Å². The lowest BCUT2D eigenvalue weighted by Gasteiger charge is -2.44. The molecule has 2 saturated heterocycles. The number of imide groups is 1. The molecule has 3 fully saturated rings. The van der Waals surface area contributed by atoms with Crippen LogP contribution in [0.5, 0.6) is 0 Å². The van der Waals surface area contributed by atoms with Crippen molar-refractivity contribution in [3.63, 3.8) is 0 Å². The Kier molecular flexibility index (Phi) is 9.85. The van der Waals surface area contributed by atoms with Crippen molar-refractivity contribution in [2.45, 2.75) is 75.4 Å². The average Bonchev–Trinajstić information content (AvgIpc) is 3.86. The number of halogens is 5. The quantitative estimate of drug-likeness (QED) is 0.162. The second-order valence-corrected chi connectivity index (χ2v) is 15.2. The number of piperidine rings is 2. The number of carbonyl (C=O) groups is 3. The summed E-state index contributed by atoms with van der Waals surface area (Å²) in [6.07, 6.45) is 5.31. The smallest absolute Gasteiger partial charge is 0.329 e. The van der Waals surface area contributed by atoms with E-state index in [1.165, 1.54) is 50.4 Å². The number of hydrogen-bond donors (Lipinski definition) is 2. The van der Waals surface area contributed by atoms with E-state index in [1.54, 1.807) is 24.2 Å². The van der Waals surface area contributed by atoms with Gasteiger partial charge >= 0.3 is 5.69 Å². The van der Waals surface area contributed by atoms with Crippen LogP contribution >= 0.6 is 0 Å². The van der Waals surface area contributed by atoms with E-state index in [2.05, 4.69) is 25.8 Å². The van der Waals surface area contributed by atoms with Crippen LogP contribution < -0.4 is 21.2 Å². The van der Waals surface area contributed by atoms with Crippen LogP contribution in [-0.4, -0.2) is 94.8 Å². The van der Waals surface area contributed by atoms with Crippen molar-refractivity contribution in [1.82, 2.24) is 43.7 Å². The standard InChI is InChI=1S/C37H40F5N11O4/c1-48(17-20-4-6-21(7-5-20)52-18-24(29(47-52)32(39)40)45-34(55)22-16-44-51-14-3-13-43-33(22)51)27-12-15-50(19-37(27,41)42)30-23(38)8-9-25-31(30)49(2)36(57)53(25)26-10-11-28(54)46-35(26)56/h3,8-9,13-14,16,18,20-21,26-27,32H,4-7,10-12,15,17,19H2,1-2H3,(H,45,55)(H,46,54,56)/t20-,21-,26?,27?. The Morgan fingerprint density at radius 1 is 1.11 bits per heavy atom. The topological polar surface area (TPSA) is 157 Å². The van der Waals surface area contributed by atoms with Gasteiger partial charge in [-0.05, 0) is 69.7 Å². The molecule has 57 heavy (non-hydrogen) atoms. The lowest BCUT2D eigenvalue weighted by molar-refractivity contribution is -0.135. The Morgan fingerprint density at radius 3 is 2.60 bits per heavy atom. The fraction of sp³-hybridized carbons (Fsp3) is 0.486. The summed E-state index contributed by atoms with van der Waals surface area (Å²) in [6, 6.07) is 1.67. The first-order chi connectivity index (χ1) is 27.2. The molecule has 4 aromatic heterocycles. The van der Waals surface area contributed by atoms with Gasteiger partial charge in [-0.1, -0.05) is 0 Å². The van der Waals surface area contributed by atoms with E-state index in [-0.39, 0.29) is 71.4 Å². The van der Waals surface area contributed by atoms with Gasteiger partial charge in [0.25, 0.3) is 18.3 Å². The SMILES string of the molecule is CN(C[C@H]1CC[C@H](n2cc(NC(=O)c3cnn4cccnc34)c(C(F)F)n2)CC1)C1CCN(c2c(F)ccc3c2n(C)c(=O)n3C2CCC(=O)NC2=O)CC1(F)F. The number of nitrogens with zero attached hydrogens (tertiary/aromatic N) is 9. The molecule has 6 heterocycles. The van der Waals surface area contributed by atoms with E-state index < -0.39 is 65.9 Å². The number of hydrogen-bond acceptors (Lipinski definition) is 9. The number of nitrogens with one attached hydrogen (secondary N) is 2. The van der Waals surface area contributed by atoms with Crippen molar-refractivity contribution >= 4 is 45.8 Å². The van der Waals surface area contributed by atoms with E-state index in [1.807, 2.05) is 0 Å². The van der Waals surface area contributed by atoms with Gasteiger partial charge in [0.2, 0.25) is 11.8 Å². The minimum absolute atomic E-state index is 0.00000899. The molecule has 15 nitrogen and oxygen atoms in total. The summed E-state index contributed by atoms with van der Waals surface area (Å²) < 4.78 is 81.0. The summed E-state index contributed by atoms with van der Waals surface area (Å²) in [5.74, 6) is -5.79. The predicted molar refractivity (Wildman–Crippen MR) is 196 cm³/mol. The number of carbonyl (C=O) groups excluding carboxylic acids is 3. The van der Waals surface area contributed by atoms with Gasteiger partial charge in [-0.3, -0.25) is 38.4 Å². The lowest BCUT2D eigenvalue weighted by Crippen LogP contribution is -2.58. The number of aromatic nitrogens is 7. The summed E-state index contributed by atoms with van der Waals surface area (Å²) in [6.45, 7) is -0.374. The number of benzene rings is 1. The van der Waals surface area contributed by atoms with Gasteiger partial charge in [0.1, 0.15) is 17.4 Å². The van der Waals surface area contributed by atoms with Gasteiger partial charge in [0.15, 0.2) is 11.3 Å². The van der Waals surface area contributed by atoms with Crippen LogP contribution in [0.15, 0.2) is 47.8 Å². The zero-order valence-electron chi connectivity index (χ0n) is 31.0. The molecule has 2 aliphatic heterocycles. The van der Waals surface area contributed by atoms with Crippen LogP contribution in [-0.2, 0) is 16.6 Å². The molecule has 0 spiro atoms. The van der Waals surface area contributed by atoms with Crippen molar-refractivity contribution in [3.8, 4) is 0 Å². The van der Waals surface area contributed by atoms with E-state index >= 15 is 13.2 Å². The highest BCUT2D eigenvalue weighted by molar-refractivity contribution is 6.08. The average molecular weight is 798 g/mol. The Labute approximate surface area is 321 Å². The fourth-order valence-corrected chi connectivity index (χ4v) is 8.78. The summed E-state index contributed by atoms with van der Waals surface area (Å²) in [4.78, 5) is 57.9. The maximum absolute atomic E-state index is 16.1. The van der Waals surface area contributed by atoms with E-state index in [0.29, 0.717) is 32.2 Å². The largest absolute Gasteiger partial charge is 0.361 e. The first-order valence-electron chi connectivity index (χ1n) is 18.7. The number of aryl methyl sites for hydroxylation is 1. The molecule has 0 radical (unpaired) electrons. The molecule has 2 unspecified atom stereocenters. The van der Waals surface area contributed by atoms with Gasteiger partial charge in [0, 0.05) is 45.1 Å². The second kappa shape index (κ2) is 14.7. The van der Waals surface area contributed by atoms with Crippen molar-refractivity contribution in [2.24, 2.45) is 13.0 Å². The third kappa shape index (κ3) is 6.92. The van der Waals surface area contributed by atoms with Crippen molar-refractivity contribution < 1.29 is 36.3 Å². The maximum Gasteiger partial charge on any atom is 0.329 e. The monoisotopic (exact) mass is 797 g/mol. The van der Waals surface area contributed by atoms with Crippen molar-refractivity contribution in [2.75, 3.05) is 36.9 Å². The molecule has 5 aromatic rings. The van der Waals surface area contributed by atoms with Gasteiger partial charge in [0.05, 0.1) is 47.2 Å².